The number of carbonyl (C=O) groups is 1. The standard InChI is InChI=1S/C12H25NO4/c1-5-13-12(3,11(14)17-6-2)7-8-16-10-9-15-4/h13H,5-10H2,1-4H3. The van der Waals surface area contributed by atoms with Crippen LogP contribution in [-0.4, -0.2) is 51.6 Å². The van der Waals surface area contributed by atoms with Crippen LogP contribution in [0.1, 0.15) is 27.2 Å². The molecule has 0 spiro atoms. The Morgan fingerprint density at radius 2 is 1.94 bits per heavy atom. The van der Waals surface area contributed by atoms with Gasteiger partial charge in [0.25, 0.3) is 0 Å². The molecule has 0 aromatic carbocycles. The first kappa shape index (κ1) is 16.4. The van der Waals surface area contributed by atoms with Crippen molar-refractivity contribution < 1.29 is 19.0 Å². The van der Waals surface area contributed by atoms with E-state index in [1.807, 2.05) is 13.8 Å². The van der Waals surface area contributed by atoms with Crippen LogP contribution in [0.2, 0.25) is 0 Å². The first-order valence-corrected chi connectivity index (χ1v) is 6.09. The van der Waals surface area contributed by atoms with E-state index in [1.54, 1.807) is 14.0 Å². The van der Waals surface area contributed by atoms with Gasteiger partial charge in [0.2, 0.25) is 0 Å². The summed E-state index contributed by atoms with van der Waals surface area (Å²) in [6, 6.07) is 0. The first-order chi connectivity index (χ1) is 8.10. The van der Waals surface area contributed by atoms with Gasteiger partial charge in [-0.3, -0.25) is 4.79 Å². The summed E-state index contributed by atoms with van der Waals surface area (Å²) in [6.07, 6.45) is 0.587. The fourth-order valence-electron chi connectivity index (χ4n) is 1.46. The summed E-state index contributed by atoms with van der Waals surface area (Å²) >= 11 is 0. The average molecular weight is 247 g/mol. The number of carbonyl (C=O) groups excluding carboxylic acids is 1. The largest absolute Gasteiger partial charge is 0.465 e. The van der Waals surface area contributed by atoms with Crippen molar-refractivity contribution in [2.45, 2.75) is 32.7 Å². The highest BCUT2D eigenvalue weighted by atomic mass is 16.5. The van der Waals surface area contributed by atoms with Gasteiger partial charge in [-0.2, -0.15) is 0 Å². The van der Waals surface area contributed by atoms with Crippen LogP contribution in [0.3, 0.4) is 0 Å². The van der Waals surface area contributed by atoms with Crippen molar-refractivity contribution in [3.05, 3.63) is 0 Å². The zero-order chi connectivity index (χ0) is 13.1. The molecule has 0 bridgehead atoms. The third-order valence-electron chi connectivity index (χ3n) is 2.47. The number of methoxy groups -OCH3 is 1. The van der Waals surface area contributed by atoms with E-state index in [0.29, 0.717) is 39.4 Å². The molecule has 0 aliphatic carbocycles. The number of esters is 1. The van der Waals surface area contributed by atoms with Crippen molar-refractivity contribution in [1.82, 2.24) is 5.32 Å². The molecule has 0 rings (SSSR count). The Hall–Kier alpha value is -0.650. The molecule has 0 saturated heterocycles. The Balaban J connectivity index is 4.07. The monoisotopic (exact) mass is 247 g/mol. The number of hydrogen-bond donors (Lipinski definition) is 1. The lowest BCUT2D eigenvalue weighted by atomic mass is 9.98. The lowest BCUT2D eigenvalue weighted by molar-refractivity contribution is -0.151. The molecule has 0 aromatic rings. The van der Waals surface area contributed by atoms with Crippen LogP contribution in [0.25, 0.3) is 0 Å². The second-order valence-electron chi connectivity index (χ2n) is 3.94. The van der Waals surface area contributed by atoms with Crippen LogP contribution in [0.4, 0.5) is 0 Å². The van der Waals surface area contributed by atoms with Crippen LogP contribution in [0, 0.1) is 0 Å². The van der Waals surface area contributed by atoms with Crippen LogP contribution in [0.15, 0.2) is 0 Å². The fourth-order valence-corrected chi connectivity index (χ4v) is 1.46. The zero-order valence-electron chi connectivity index (χ0n) is 11.4. The second-order valence-corrected chi connectivity index (χ2v) is 3.94. The van der Waals surface area contributed by atoms with Gasteiger partial charge in [-0.15, -0.1) is 0 Å². The van der Waals surface area contributed by atoms with Gasteiger partial charge in [-0.1, -0.05) is 6.92 Å². The van der Waals surface area contributed by atoms with Crippen molar-refractivity contribution >= 4 is 5.97 Å². The van der Waals surface area contributed by atoms with E-state index in [-0.39, 0.29) is 5.97 Å². The number of rotatable bonds is 10. The van der Waals surface area contributed by atoms with Gasteiger partial charge in [0, 0.05) is 13.7 Å². The summed E-state index contributed by atoms with van der Waals surface area (Å²) in [7, 11) is 1.63. The summed E-state index contributed by atoms with van der Waals surface area (Å²) in [5.74, 6) is -0.225. The zero-order valence-corrected chi connectivity index (χ0v) is 11.4. The van der Waals surface area contributed by atoms with E-state index in [4.69, 9.17) is 14.2 Å². The number of hydrogen-bond acceptors (Lipinski definition) is 5. The molecule has 5 heteroatoms. The van der Waals surface area contributed by atoms with Gasteiger partial charge in [0.1, 0.15) is 5.54 Å². The molecule has 1 atom stereocenters. The third-order valence-corrected chi connectivity index (χ3v) is 2.47. The van der Waals surface area contributed by atoms with E-state index < -0.39 is 5.54 Å². The quantitative estimate of drug-likeness (QED) is 0.460. The maximum atomic E-state index is 11.8. The molecule has 0 aliphatic rings. The van der Waals surface area contributed by atoms with Gasteiger partial charge in [-0.05, 0) is 26.8 Å². The van der Waals surface area contributed by atoms with Crippen molar-refractivity contribution in [1.29, 1.82) is 0 Å². The highest BCUT2D eigenvalue weighted by Gasteiger charge is 2.33. The van der Waals surface area contributed by atoms with Crippen LogP contribution in [-0.2, 0) is 19.0 Å². The van der Waals surface area contributed by atoms with E-state index in [0.717, 1.165) is 0 Å². The predicted octanol–water partition coefficient (Wildman–Crippen LogP) is 0.971. The Morgan fingerprint density at radius 1 is 1.24 bits per heavy atom. The summed E-state index contributed by atoms with van der Waals surface area (Å²) < 4.78 is 15.3. The molecule has 0 aliphatic heterocycles. The van der Waals surface area contributed by atoms with Crippen LogP contribution < -0.4 is 5.32 Å². The molecule has 0 fully saturated rings. The summed E-state index contributed by atoms with van der Waals surface area (Å²) in [4.78, 5) is 11.8. The summed E-state index contributed by atoms with van der Waals surface area (Å²) in [5, 5.41) is 3.15. The smallest absolute Gasteiger partial charge is 0.326 e. The number of nitrogens with one attached hydrogen (secondary N) is 1. The van der Waals surface area contributed by atoms with Crippen molar-refractivity contribution in [3.63, 3.8) is 0 Å². The predicted molar refractivity (Wildman–Crippen MR) is 66.0 cm³/mol. The third kappa shape index (κ3) is 6.61. The van der Waals surface area contributed by atoms with Crippen molar-refractivity contribution in [2.75, 3.05) is 40.1 Å². The second kappa shape index (κ2) is 9.39. The molecule has 5 nitrogen and oxygen atoms in total. The lowest BCUT2D eigenvalue weighted by Gasteiger charge is -2.27. The maximum Gasteiger partial charge on any atom is 0.326 e. The van der Waals surface area contributed by atoms with Crippen molar-refractivity contribution in [2.24, 2.45) is 0 Å². The number of ether oxygens (including phenoxy) is 3. The highest BCUT2D eigenvalue weighted by molar-refractivity contribution is 5.80. The average Bonchev–Trinajstić information content (AvgIpc) is 2.29. The summed E-state index contributed by atoms with van der Waals surface area (Å²) in [6.45, 7) is 8.33. The molecule has 0 aromatic heterocycles. The van der Waals surface area contributed by atoms with E-state index >= 15 is 0 Å². The minimum absolute atomic E-state index is 0.225. The van der Waals surface area contributed by atoms with Gasteiger partial charge >= 0.3 is 5.97 Å². The van der Waals surface area contributed by atoms with Gasteiger partial charge in [0.15, 0.2) is 0 Å². The Labute approximate surface area is 104 Å². The fraction of sp³-hybridized carbons (Fsp3) is 0.917. The normalized spacial score (nSPS) is 14.4. The molecule has 1 unspecified atom stereocenters. The van der Waals surface area contributed by atoms with Gasteiger partial charge in [-0.25, -0.2) is 0 Å². The minimum Gasteiger partial charge on any atom is -0.465 e. The molecule has 0 saturated carbocycles. The van der Waals surface area contributed by atoms with E-state index in [9.17, 15) is 4.79 Å². The Kier molecular flexibility index (Phi) is 9.03. The van der Waals surface area contributed by atoms with Gasteiger partial charge in [0.05, 0.1) is 19.8 Å². The molecular weight excluding hydrogens is 222 g/mol. The van der Waals surface area contributed by atoms with E-state index in [1.165, 1.54) is 0 Å². The topological polar surface area (TPSA) is 56.8 Å². The molecule has 0 amide bonds. The molecule has 17 heavy (non-hydrogen) atoms. The van der Waals surface area contributed by atoms with Gasteiger partial charge < -0.3 is 19.5 Å². The van der Waals surface area contributed by atoms with Crippen LogP contribution >= 0.6 is 0 Å². The Morgan fingerprint density at radius 3 is 2.47 bits per heavy atom. The van der Waals surface area contributed by atoms with E-state index in [2.05, 4.69) is 5.32 Å². The number of likely N-dealkylation sites (N-methyl/N-ethyl adjacent to an activating group) is 1. The Bertz CT molecular complexity index is 211. The lowest BCUT2D eigenvalue weighted by Crippen LogP contribution is -2.51. The SMILES string of the molecule is CCNC(C)(CCOCCOC)C(=O)OCC. The minimum atomic E-state index is -0.669. The molecular formula is C12H25NO4. The van der Waals surface area contributed by atoms with Crippen molar-refractivity contribution in [3.8, 4) is 0 Å². The first-order valence-electron chi connectivity index (χ1n) is 6.09. The maximum absolute atomic E-state index is 11.8. The molecule has 102 valence electrons. The van der Waals surface area contributed by atoms with Crippen LogP contribution in [0.5, 0.6) is 0 Å². The molecule has 0 heterocycles. The molecule has 1 N–H and O–H groups in total. The summed E-state index contributed by atoms with van der Waals surface area (Å²) in [5.41, 5.74) is -0.669. The highest BCUT2D eigenvalue weighted by Crippen LogP contribution is 2.12. The molecule has 0 radical (unpaired) electrons.